The fraction of sp³-hybridized carbons (Fsp3) is 0.235. The van der Waals surface area contributed by atoms with Gasteiger partial charge in [0.05, 0.1) is 35.3 Å². The number of esters is 1. The van der Waals surface area contributed by atoms with Gasteiger partial charge in [-0.15, -0.1) is 0 Å². The second-order valence-electron chi connectivity index (χ2n) is 5.35. The van der Waals surface area contributed by atoms with Crippen molar-refractivity contribution >= 4 is 37.4 Å². The molecule has 0 saturated heterocycles. The molecule has 25 heavy (non-hydrogen) atoms. The Morgan fingerprint density at radius 1 is 1.08 bits per heavy atom. The average Bonchev–Trinajstić information content (AvgIpc) is 2.61. The number of carbonyl (C=O) groups excluding carboxylic acids is 1. The van der Waals surface area contributed by atoms with Gasteiger partial charge in [0.15, 0.2) is 0 Å². The van der Waals surface area contributed by atoms with Crippen LogP contribution in [0.25, 0.3) is 0 Å². The first-order valence-corrected chi connectivity index (χ1v) is 9.50. The third-order valence-corrected chi connectivity index (χ3v) is 6.90. The minimum atomic E-state index is -4.00. The number of benzene rings is 2. The van der Waals surface area contributed by atoms with Crippen molar-refractivity contribution in [3.05, 3.63) is 45.4 Å². The van der Waals surface area contributed by atoms with Gasteiger partial charge in [0.2, 0.25) is 9.84 Å². The molecule has 6 nitrogen and oxygen atoms in total. The molecule has 8 heteroatoms. The SMILES string of the molecule is COC(=O)c1c(C)c(Br)c(N)c(C)c1S(=O)(=O)c1ccc(OC)cc1. The molecule has 0 aliphatic rings. The monoisotopic (exact) mass is 427 g/mol. The van der Waals surface area contributed by atoms with Gasteiger partial charge < -0.3 is 15.2 Å². The smallest absolute Gasteiger partial charge is 0.339 e. The van der Waals surface area contributed by atoms with E-state index in [9.17, 15) is 13.2 Å². The normalized spacial score (nSPS) is 11.2. The third-order valence-electron chi connectivity index (χ3n) is 3.94. The Labute approximate surface area is 155 Å². The number of rotatable bonds is 4. The molecule has 2 aromatic carbocycles. The average molecular weight is 428 g/mol. The van der Waals surface area contributed by atoms with Crippen molar-refractivity contribution in [2.45, 2.75) is 23.6 Å². The number of carbonyl (C=O) groups is 1. The zero-order valence-electron chi connectivity index (χ0n) is 14.2. The Morgan fingerprint density at radius 2 is 1.64 bits per heavy atom. The van der Waals surface area contributed by atoms with E-state index >= 15 is 0 Å². The highest BCUT2D eigenvalue weighted by Crippen LogP contribution is 2.38. The van der Waals surface area contributed by atoms with Crippen LogP contribution in [0.15, 0.2) is 38.5 Å². The summed E-state index contributed by atoms with van der Waals surface area (Å²) < 4.78 is 36.7. The van der Waals surface area contributed by atoms with Crippen molar-refractivity contribution in [1.82, 2.24) is 0 Å². The standard InChI is InChI=1S/C17H18BrNO5S/c1-9-13(17(20)24-4)16(10(2)15(19)14(9)18)25(21,22)12-7-5-11(23-3)6-8-12/h5-8H,19H2,1-4H3. The molecule has 0 heterocycles. The molecule has 2 rings (SSSR count). The molecule has 0 atom stereocenters. The molecule has 2 N–H and O–H groups in total. The van der Waals surface area contributed by atoms with E-state index in [1.165, 1.54) is 38.5 Å². The predicted molar refractivity (Wildman–Crippen MR) is 97.8 cm³/mol. The van der Waals surface area contributed by atoms with Gasteiger partial charge >= 0.3 is 5.97 Å². The van der Waals surface area contributed by atoms with Crippen molar-refractivity contribution in [2.75, 3.05) is 20.0 Å². The number of halogens is 1. The number of hydrogen-bond donors (Lipinski definition) is 1. The van der Waals surface area contributed by atoms with E-state index in [1.807, 2.05) is 0 Å². The molecule has 0 aliphatic heterocycles. The molecular formula is C17H18BrNO5S. The van der Waals surface area contributed by atoms with Crippen LogP contribution in [-0.4, -0.2) is 28.6 Å². The van der Waals surface area contributed by atoms with Crippen LogP contribution in [0.4, 0.5) is 5.69 Å². The van der Waals surface area contributed by atoms with Crippen molar-refractivity contribution < 1.29 is 22.7 Å². The Hall–Kier alpha value is -2.06. The van der Waals surface area contributed by atoms with Gasteiger partial charge in [0, 0.05) is 4.47 Å². The second kappa shape index (κ2) is 7.05. The lowest BCUT2D eigenvalue weighted by atomic mass is 10.0. The van der Waals surface area contributed by atoms with Crippen LogP contribution in [0.2, 0.25) is 0 Å². The second-order valence-corrected chi connectivity index (χ2v) is 8.03. The van der Waals surface area contributed by atoms with Crippen LogP contribution in [-0.2, 0) is 14.6 Å². The summed E-state index contributed by atoms with van der Waals surface area (Å²) in [7, 11) is -1.31. The third kappa shape index (κ3) is 3.23. The summed E-state index contributed by atoms with van der Waals surface area (Å²) in [6.07, 6.45) is 0. The molecule has 0 aliphatic carbocycles. The van der Waals surface area contributed by atoms with Gasteiger partial charge in [-0.05, 0) is 65.2 Å². The summed E-state index contributed by atoms with van der Waals surface area (Å²) in [5.41, 5.74) is 6.95. The molecule has 0 radical (unpaired) electrons. The van der Waals surface area contributed by atoms with E-state index in [1.54, 1.807) is 13.8 Å². The molecular weight excluding hydrogens is 410 g/mol. The summed E-state index contributed by atoms with van der Waals surface area (Å²) in [6.45, 7) is 3.17. The Morgan fingerprint density at radius 3 is 2.12 bits per heavy atom. The molecule has 134 valence electrons. The van der Waals surface area contributed by atoms with Crippen molar-refractivity contribution in [1.29, 1.82) is 0 Å². The minimum absolute atomic E-state index is 0.0303. The number of ether oxygens (including phenoxy) is 2. The molecule has 0 amide bonds. The first kappa shape index (κ1) is 19.3. The molecule has 0 spiro atoms. The first-order valence-electron chi connectivity index (χ1n) is 7.22. The van der Waals surface area contributed by atoms with Crippen LogP contribution in [0.5, 0.6) is 5.75 Å². The van der Waals surface area contributed by atoms with Gasteiger partial charge in [-0.2, -0.15) is 0 Å². The molecule has 0 fully saturated rings. The summed E-state index contributed by atoms with van der Waals surface area (Å²) >= 11 is 3.31. The Bertz CT molecular complexity index is 937. The highest BCUT2D eigenvalue weighted by atomic mass is 79.9. The van der Waals surface area contributed by atoms with Gasteiger partial charge in [0.1, 0.15) is 5.75 Å². The van der Waals surface area contributed by atoms with Crippen LogP contribution in [0.3, 0.4) is 0 Å². The number of nitrogen functional groups attached to an aromatic ring is 1. The Balaban J connectivity index is 2.86. The highest BCUT2D eigenvalue weighted by Gasteiger charge is 2.31. The van der Waals surface area contributed by atoms with Gasteiger partial charge in [-0.3, -0.25) is 0 Å². The van der Waals surface area contributed by atoms with Crippen molar-refractivity contribution in [2.24, 2.45) is 0 Å². The first-order chi connectivity index (χ1) is 11.7. The quantitative estimate of drug-likeness (QED) is 0.593. The molecule has 0 unspecified atom stereocenters. The molecule has 2 aromatic rings. The van der Waals surface area contributed by atoms with E-state index in [0.717, 1.165) is 0 Å². The molecule has 0 aromatic heterocycles. The number of nitrogens with two attached hydrogens (primary N) is 1. The van der Waals surface area contributed by atoms with E-state index < -0.39 is 15.8 Å². The fourth-order valence-corrected chi connectivity index (χ4v) is 4.76. The molecule has 0 bridgehead atoms. The summed E-state index contributed by atoms with van der Waals surface area (Å²) in [5, 5.41) is 0. The lowest BCUT2D eigenvalue weighted by molar-refractivity contribution is 0.0595. The number of sulfone groups is 1. The summed E-state index contributed by atoms with van der Waals surface area (Å²) in [6, 6.07) is 5.91. The topological polar surface area (TPSA) is 95.7 Å². The van der Waals surface area contributed by atoms with E-state index in [-0.39, 0.29) is 26.6 Å². The minimum Gasteiger partial charge on any atom is -0.497 e. The van der Waals surface area contributed by atoms with Crippen molar-refractivity contribution in [3.63, 3.8) is 0 Å². The van der Waals surface area contributed by atoms with Gasteiger partial charge in [-0.25, -0.2) is 13.2 Å². The largest absolute Gasteiger partial charge is 0.497 e. The maximum atomic E-state index is 13.2. The lowest BCUT2D eigenvalue weighted by Crippen LogP contribution is -2.17. The highest BCUT2D eigenvalue weighted by molar-refractivity contribution is 9.10. The summed E-state index contributed by atoms with van der Waals surface area (Å²) in [4.78, 5) is 12.2. The van der Waals surface area contributed by atoms with Gasteiger partial charge in [0.25, 0.3) is 0 Å². The zero-order valence-corrected chi connectivity index (χ0v) is 16.6. The maximum absolute atomic E-state index is 13.2. The van der Waals surface area contributed by atoms with Crippen LogP contribution in [0.1, 0.15) is 21.5 Å². The van der Waals surface area contributed by atoms with E-state index in [0.29, 0.717) is 15.8 Å². The predicted octanol–water partition coefficient (Wildman–Crippen LogP) is 3.28. The number of anilines is 1. The van der Waals surface area contributed by atoms with E-state index in [4.69, 9.17) is 15.2 Å². The summed E-state index contributed by atoms with van der Waals surface area (Å²) in [5.74, 6) is -0.219. The fourth-order valence-electron chi connectivity index (χ4n) is 2.51. The molecule has 0 saturated carbocycles. The number of hydrogen-bond acceptors (Lipinski definition) is 6. The number of methoxy groups -OCH3 is 2. The van der Waals surface area contributed by atoms with E-state index in [2.05, 4.69) is 15.9 Å². The van der Waals surface area contributed by atoms with Crippen LogP contribution in [0, 0.1) is 13.8 Å². The van der Waals surface area contributed by atoms with Crippen molar-refractivity contribution in [3.8, 4) is 5.75 Å². The van der Waals surface area contributed by atoms with Crippen LogP contribution >= 0.6 is 15.9 Å². The van der Waals surface area contributed by atoms with Crippen LogP contribution < -0.4 is 10.5 Å². The zero-order chi connectivity index (χ0) is 18.9. The maximum Gasteiger partial charge on any atom is 0.339 e. The Kier molecular flexibility index (Phi) is 5.43. The van der Waals surface area contributed by atoms with Gasteiger partial charge in [-0.1, -0.05) is 0 Å². The lowest BCUT2D eigenvalue weighted by Gasteiger charge is -2.18.